The molecule has 0 amide bonds. The maximum atomic E-state index is 9.10. The Labute approximate surface area is 102 Å². The SMILES string of the molecule is CC(C)(O)C(C)(C)O.OBO.c1ccsc1. The van der Waals surface area contributed by atoms with Crippen LogP contribution in [0.2, 0.25) is 0 Å². The van der Waals surface area contributed by atoms with Crippen molar-refractivity contribution < 1.29 is 20.3 Å². The van der Waals surface area contributed by atoms with E-state index in [4.69, 9.17) is 20.3 Å². The second-order valence-electron chi connectivity index (χ2n) is 4.05. The predicted molar refractivity (Wildman–Crippen MR) is 68.5 cm³/mol. The van der Waals surface area contributed by atoms with Crippen LogP contribution in [0.25, 0.3) is 0 Å². The summed E-state index contributed by atoms with van der Waals surface area (Å²) in [5.41, 5.74) is -2.01. The lowest BCUT2D eigenvalue weighted by atomic mass is 9.90. The summed E-state index contributed by atoms with van der Waals surface area (Å²) < 4.78 is 0. The van der Waals surface area contributed by atoms with E-state index in [9.17, 15) is 0 Å². The molecule has 0 saturated heterocycles. The van der Waals surface area contributed by atoms with Crippen molar-refractivity contribution in [2.75, 3.05) is 0 Å². The van der Waals surface area contributed by atoms with E-state index in [1.165, 1.54) is 0 Å². The van der Waals surface area contributed by atoms with Gasteiger partial charge in [0.05, 0.1) is 11.2 Å². The molecule has 0 aliphatic carbocycles. The Morgan fingerprint density at radius 2 is 1.12 bits per heavy atom. The van der Waals surface area contributed by atoms with Gasteiger partial charge in [0.2, 0.25) is 0 Å². The molecular weight excluding hydrogens is 227 g/mol. The Morgan fingerprint density at radius 1 is 0.875 bits per heavy atom. The second kappa shape index (κ2) is 8.72. The molecule has 0 unspecified atom stereocenters. The quantitative estimate of drug-likeness (QED) is 0.546. The Balaban J connectivity index is 0. The maximum absolute atomic E-state index is 9.10. The average molecular weight is 248 g/mol. The van der Waals surface area contributed by atoms with Gasteiger partial charge in [-0.15, -0.1) is 0 Å². The minimum absolute atomic E-state index is 0.750. The molecule has 1 aromatic heterocycles. The van der Waals surface area contributed by atoms with Crippen LogP contribution in [0.1, 0.15) is 27.7 Å². The fourth-order valence-corrected chi connectivity index (χ4v) is 0.680. The van der Waals surface area contributed by atoms with Gasteiger partial charge in [-0.2, -0.15) is 11.3 Å². The average Bonchev–Trinajstić information content (AvgIpc) is 2.57. The van der Waals surface area contributed by atoms with Crippen LogP contribution < -0.4 is 0 Å². The molecule has 6 heteroatoms. The zero-order valence-corrected chi connectivity index (χ0v) is 11.0. The van der Waals surface area contributed by atoms with Crippen molar-refractivity contribution in [3.63, 3.8) is 0 Å². The van der Waals surface area contributed by atoms with Crippen LogP contribution >= 0.6 is 11.3 Å². The third kappa shape index (κ3) is 11.7. The predicted octanol–water partition coefficient (Wildman–Crippen LogP) is 0.514. The molecule has 0 radical (unpaired) electrons. The van der Waals surface area contributed by atoms with Gasteiger partial charge in [0.1, 0.15) is 0 Å². The van der Waals surface area contributed by atoms with Crippen molar-refractivity contribution >= 4 is 19.0 Å². The highest BCUT2D eigenvalue weighted by molar-refractivity contribution is 7.07. The lowest BCUT2D eigenvalue weighted by molar-refractivity contribution is -0.107. The monoisotopic (exact) mass is 248 g/mol. The van der Waals surface area contributed by atoms with Crippen molar-refractivity contribution in [1.29, 1.82) is 0 Å². The molecular formula is C10H21BO4S. The third-order valence-electron chi connectivity index (χ3n) is 1.92. The fourth-order valence-electron chi connectivity index (χ4n) is 0.227. The van der Waals surface area contributed by atoms with Crippen molar-refractivity contribution in [1.82, 2.24) is 0 Å². The van der Waals surface area contributed by atoms with Crippen LogP contribution in [0, 0.1) is 0 Å². The van der Waals surface area contributed by atoms with Gasteiger partial charge in [-0.1, -0.05) is 12.1 Å². The highest BCUT2D eigenvalue weighted by atomic mass is 32.1. The highest BCUT2D eigenvalue weighted by Crippen LogP contribution is 2.19. The van der Waals surface area contributed by atoms with E-state index >= 15 is 0 Å². The molecule has 0 atom stereocenters. The number of hydrogen-bond donors (Lipinski definition) is 4. The molecule has 0 aliphatic rings. The zero-order valence-electron chi connectivity index (χ0n) is 10.2. The van der Waals surface area contributed by atoms with Crippen LogP contribution in [-0.2, 0) is 0 Å². The summed E-state index contributed by atoms with van der Waals surface area (Å²) in [4.78, 5) is 0. The van der Waals surface area contributed by atoms with E-state index < -0.39 is 18.9 Å². The summed E-state index contributed by atoms with van der Waals surface area (Å²) in [5, 5.41) is 36.5. The van der Waals surface area contributed by atoms with Gasteiger partial charge in [-0.3, -0.25) is 0 Å². The zero-order chi connectivity index (χ0) is 13.2. The standard InChI is InChI=1S/C6H14O2.C4H4S.BH3O2/c1-5(2,7)6(3,4)8;1-2-4-5-3-1;2-1-3/h7-8H,1-4H3;1-4H;1-3H. The van der Waals surface area contributed by atoms with Gasteiger partial charge in [0.25, 0.3) is 0 Å². The first-order chi connectivity index (χ1) is 7.16. The second-order valence-corrected chi connectivity index (χ2v) is 4.87. The summed E-state index contributed by atoms with van der Waals surface area (Å²) in [7, 11) is -0.750. The summed E-state index contributed by atoms with van der Waals surface area (Å²) in [6.45, 7) is 6.31. The van der Waals surface area contributed by atoms with Crippen molar-refractivity contribution in [3.8, 4) is 0 Å². The Bertz CT molecular complexity index is 197. The topological polar surface area (TPSA) is 80.9 Å². The number of rotatable bonds is 1. The highest BCUT2D eigenvalue weighted by Gasteiger charge is 2.31. The molecule has 1 aromatic rings. The summed E-state index contributed by atoms with van der Waals surface area (Å²) in [6.07, 6.45) is 0. The molecule has 4 nitrogen and oxygen atoms in total. The van der Waals surface area contributed by atoms with Crippen LogP contribution in [0.3, 0.4) is 0 Å². The van der Waals surface area contributed by atoms with Crippen molar-refractivity contribution in [3.05, 3.63) is 22.9 Å². The lowest BCUT2D eigenvalue weighted by Crippen LogP contribution is -2.44. The van der Waals surface area contributed by atoms with Gasteiger partial charge in [-0.25, -0.2) is 0 Å². The molecule has 0 aliphatic heterocycles. The number of aliphatic hydroxyl groups is 2. The Kier molecular flexibility index (Phi) is 9.80. The Morgan fingerprint density at radius 3 is 1.19 bits per heavy atom. The molecule has 4 N–H and O–H groups in total. The van der Waals surface area contributed by atoms with Gasteiger partial charge in [-0.05, 0) is 38.5 Å². The van der Waals surface area contributed by atoms with E-state index in [-0.39, 0.29) is 0 Å². The molecule has 16 heavy (non-hydrogen) atoms. The molecule has 94 valence electrons. The van der Waals surface area contributed by atoms with Crippen molar-refractivity contribution in [2.45, 2.75) is 38.9 Å². The maximum Gasteiger partial charge on any atom is 0.432 e. The lowest BCUT2D eigenvalue weighted by Gasteiger charge is -2.31. The van der Waals surface area contributed by atoms with Gasteiger partial charge in [0.15, 0.2) is 0 Å². The van der Waals surface area contributed by atoms with Crippen LogP contribution in [0.5, 0.6) is 0 Å². The molecule has 0 fully saturated rings. The van der Waals surface area contributed by atoms with Gasteiger partial charge in [0, 0.05) is 0 Å². The molecule has 0 bridgehead atoms. The molecule has 0 aromatic carbocycles. The fraction of sp³-hybridized carbons (Fsp3) is 0.600. The van der Waals surface area contributed by atoms with E-state index in [0.717, 1.165) is 0 Å². The summed E-state index contributed by atoms with van der Waals surface area (Å²) in [5.74, 6) is 0. The first-order valence-electron chi connectivity index (χ1n) is 4.80. The largest absolute Gasteiger partial charge is 0.432 e. The smallest absolute Gasteiger partial charge is 0.430 e. The first kappa shape index (κ1) is 18.0. The van der Waals surface area contributed by atoms with Gasteiger partial charge < -0.3 is 20.3 Å². The summed E-state index contributed by atoms with van der Waals surface area (Å²) >= 11 is 1.71. The van der Waals surface area contributed by atoms with Crippen LogP contribution in [-0.4, -0.2) is 39.1 Å². The Hall–Kier alpha value is -0.395. The number of thiophene rings is 1. The molecule has 0 spiro atoms. The van der Waals surface area contributed by atoms with Crippen LogP contribution in [0.4, 0.5) is 0 Å². The first-order valence-corrected chi connectivity index (χ1v) is 5.74. The van der Waals surface area contributed by atoms with Crippen LogP contribution in [0.15, 0.2) is 22.9 Å². The molecule has 1 rings (SSSR count). The van der Waals surface area contributed by atoms with Crippen molar-refractivity contribution in [2.24, 2.45) is 0 Å². The minimum atomic E-state index is -1.01. The normalized spacial score (nSPS) is 10.5. The van der Waals surface area contributed by atoms with E-state index in [2.05, 4.69) is 0 Å². The molecule has 1 heterocycles. The number of hydrogen-bond acceptors (Lipinski definition) is 5. The van der Waals surface area contributed by atoms with E-state index in [1.807, 2.05) is 22.9 Å². The van der Waals surface area contributed by atoms with E-state index in [0.29, 0.717) is 0 Å². The van der Waals surface area contributed by atoms with Gasteiger partial charge >= 0.3 is 7.69 Å². The summed E-state index contributed by atoms with van der Waals surface area (Å²) in [6, 6.07) is 4.04. The van der Waals surface area contributed by atoms with E-state index in [1.54, 1.807) is 39.0 Å². The third-order valence-corrected chi connectivity index (χ3v) is 2.55. The minimum Gasteiger partial charge on any atom is -0.430 e. The molecule has 0 saturated carbocycles.